The van der Waals surface area contributed by atoms with Crippen molar-refractivity contribution < 1.29 is 24.5 Å². The molecule has 3 heterocycles. The second-order valence-electron chi connectivity index (χ2n) is 11.7. The number of fused-ring (bicyclic) bond motifs is 3. The first-order valence-corrected chi connectivity index (χ1v) is 17.4. The topological polar surface area (TPSA) is 38.9 Å². The van der Waals surface area contributed by atoms with Crippen molar-refractivity contribution >= 4 is 35.2 Å². The summed E-state index contributed by atoms with van der Waals surface area (Å²) in [5.41, 5.74) is 9.57. The van der Waals surface area contributed by atoms with Crippen molar-refractivity contribution in [2.45, 2.75) is 53.3 Å². The van der Waals surface area contributed by atoms with E-state index >= 15 is 0 Å². The zero-order valence-corrected chi connectivity index (χ0v) is 28.2. The smallest absolute Gasteiger partial charge is 0.120 e. The normalized spacial score (nSPS) is 11.3. The number of aromatic nitrogens is 2. The van der Waals surface area contributed by atoms with Crippen molar-refractivity contribution in [3.05, 3.63) is 114 Å². The first-order chi connectivity index (χ1) is 19.1. The Balaban J connectivity index is 0.000000233. The van der Waals surface area contributed by atoms with Gasteiger partial charge >= 0.3 is 0 Å². The van der Waals surface area contributed by atoms with Crippen LogP contribution in [0, 0.1) is 26.0 Å². The van der Waals surface area contributed by atoms with Gasteiger partial charge in [0.1, 0.15) is 5.58 Å². The molecule has 0 N–H and O–H groups in total. The molecular formula is C36H36IrN2OSi-2. The molecule has 3 nitrogen and oxygen atoms in total. The fourth-order valence-electron chi connectivity index (χ4n) is 5.09. The van der Waals surface area contributed by atoms with Gasteiger partial charge in [-0.25, -0.2) is 0 Å². The third-order valence-corrected chi connectivity index (χ3v) is 9.19. The Labute approximate surface area is 258 Å². The Kier molecular flexibility index (Phi) is 9.43. The molecule has 0 fully saturated rings. The summed E-state index contributed by atoms with van der Waals surface area (Å²) >= 11 is 0. The van der Waals surface area contributed by atoms with Gasteiger partial charge in [-0.05, 0) is 54.4 Å². The van der Waals surface area contributed by atoms with Gasteiger partial charge in [-0.1, -0.05) is 80.3 Å². The second-order valence-corrected chi connectivity index (χ2v) is 16.7. The number of hydrogen-bond acceptors (Lipinski definition) is 3. The van der Waals surface area contributed by atoms with E-state index in [1.807, 2.05) is 48.8 Å². The Hall–Kier alpha value is -3.37. The summed E-state index contributed by atoms with van der Waals surface area (Å²) in [6.45, 7) is 15.8. The predicted octanol–water partition coefficient (Wildman–Crippen LogP) is 9.28. The first kappa shape index (κ1) is 30.6. The van der Waals surface area contributed by atoms with Crippen LogP contribution in [-0.2, 0) is 20.1 Å². The van der Waals surface area contributed by atoms with Crippen LogP contribution < -0.4 is 5.19 Å². The molecule has 6 rings (SSSR count). The predicted molar refractivity (Wildman–Crippen MR) is 171 cm³/mol. The van der Waals surface area contributed by atoms with Crippen LogP contribution in [0.15, 0.2) is 89.6 Å². The molecule has 1 radical (unpaired) electrons. The molecule has 3 aromatic carbocycles. The van der Waals surface area contributed by atoms with Crippen molar-refractivity contribution in [3.63, 3.8) is 0 Å². The molecule has 0 saturated carbocycles. The van der Waals surface area contributed by atoms with Crippen molar-refractivity contribution in [2.75, 3.05) is 0 Å². The molecule has 6 aromatic rings. The largest absolute Gasteiger partial charge is 0.501 e. The van der Waals surface area contributed by atoms with Gasteiger partial charge in [0.05, 0.1) is 5.58 Å². The van der Waals surface area contributed by atoms with Gasteiger partial charge < -0.3 is 14.4 Å². The number of rotatable bonds is 4. The van der Waals surface area contributed by atoms with Gasteiger partial charge in [-0.3, -0.25) is 0 Å². The zero-order valence-electron chi connectivity index (χ0n) is 24.8. The second kappa shape index (κ2) is 12.6. The minimum absolute atomic E-state index is 0. The Morgan fingerprint density at radius 3 is 2.29 bits per heavy atom. The Bertz CT molecular complexity index is 1790. The summed E-state index contributed by atoms with van der Waals surface area (Å²) in [4.78, 5) is 9.00. The van der Waals surface area contributed by atoms with Crippen molar-refractivity contribution in [3.8, 4) is 22.5 Å². The van der Waals surface area contributed by atoms with E-state index in [9.17, 15) is 0 Å². The maximum atomic E-state index is 6.36. The number of aryl methyl sites for hydroxylation is 2. The van der Waals surface area contributed by atoms with Gasteiger partial charge in [0, 0.05) is 46.0 Å². The Morgan fingerprint density at radius 1 is 0.854 bits per heavy atom. The molecule has 0 aliphatic carbocycles. The summed E-state index contributed by atoms with van der Waals surface area (Å²) in [5.74, 6) is 0.458. The third-order valence-electron chi connectivity index (χ3n) is 7.18. The average molecular weight is 733 g/mol. The summed E-state index contributed by atoms with van der Waals surface area (Å²) in [6, 6.07) is 31.3. The zero-order chi connectivity index (χ0) is 28.4. The molecule has 3 aromatic heterocycles. The van der Waals surface area contributed by atoms with E-state index in [0.717, 1.165) is 33.7 Å². The van der Waals surface area contributed by atoms with Crippen LogP contribution in [0.25, 0.3) is 44.5 Å². The fourth-order valence-corrected chi connectivity index (χ4v) is 6.59. The van der Waals surface area contributed by atoms with E-state index < -0.39 is 8.07 Å². The first-order valence-electron chi connectivity index (χ1n) is 13.9. The number of hydrogen-bond donors (Lipinski definition) is 0. The third kappa shape index (κ3) is 6.59. The van der Waals surface area contributed by atoms with Crippen LogP contribution in [0.1, 0.15) is 36.5 Å². The number of para-hydroxylation sites is 1. The number of benzene rings is 3. The summed E-state index contributed by atoms with van der Waals surface area (Å²) < 4.78 is 6.36. The van der Waals surface area contributed by atoms with Gasteiger partial charge in [0.25, 0.3) is 0 Å². The quantitative estimate of drug-likeness (QED) is 0.134. The van der Waals surface area contributed by atoms with Gasteiger partial charge in [-0.2, -0.15) is 0 Å². The summed E-state index contributed by atoms with van der Waals surface area (Å²) in [6.07, 6.45) is 3.80. The molecule has 0 aliphatic rings. The molecule has 0 spiro atoms. The van der Waals surface area contributed by atoms with E-state index in [0.29, 0.717) is 5.92 Å². The number of pyridine rings is 2. The summed E-state index contributed by atoms with van der Waals surface area (Å²) in [7, 11) is -1.55. The van der Waals surface area contributed by atoms with E-state index in [4.69, 9.17) is 9.40 Å². The molecule has 0 aliphatic heterocycles. The minimum Gasteiger partial charge on any atom is -0.501 e. The maximum Gasteiger partial charge on any atom is 0.120 e. The van der Waals surface area contributed by atoms with E-state index in [-0.39, 0.29) is 20.1 Å². The average Bonchev–Trinajstić information content (AvgIpc) is 3.33. The van der Waals surface area contributed by atoms with Gasteiger partial charge in [0.15, 0.2) is 0 Å². The number of nitrogens with zero attached hydrogens (tertiary/aromatic N) is 2. The van der Waals surface area contributed by atoms with Crippen LogP contribution in [0.5, 0.6) is 0 Å². The molecule has 5 heteroatoms. The van der Waals surface area contributed by atoms with Crippen molar-refractivity contribution in [1.29, 1.82) is 0 Å². The standard InChI is InChI=1S/C24H26NOSi.C12H10N.Ir/c1-15(2)19-13-20(25-14-16(19)3)17-11-12-22(27(4,5)6)23-18-9-7-8-10-21(18)26-24(17)23;1-10-7-8-13-12(9-10)11-5-3-2-4-6-11;/h7-10,12-15H,1-6H3;2-5,7-9H,1H3;/q2*-1;. The van der Waals surface area contributed by atoms with E-state index in [2.05, 4.69) is 101 Å². The fraction of sp³-hybridized carbons (Fsp3) is 0.222. The molecule has 0 amide bonds. The van der Waals surface area contributed by atoms with Gasteiger partial charge in [0.2, 0.25) is 0 Å². The SMILES string of the molecule is Cc1ccnc(-c2[c-]cccc2)c1.Cc1cnc(-c2[c-]cc([Si](C)(C)C)c3c2oc2ccccc23)cc1C(C)C.[Ir]. The van der Waals surface area contributed by atoms with E-state index in [1.54, 1.807) is 0 Å². The molecule has 0 bridgehead atoms. The maximum absolute atomic E-state index is 6.36. The van der Waals surface area contributed by atoms with Crippen LogP contribution >= 0.6 is 0 Å². The van der Waals surface area contributed by atoms with Crippen LogP contribution in [0.4, 0.5) is 0 Å². The molecule has 41 heavy (non-hydrogen) atoms. The molecule has 0 unspecified atom stereocenters. The van der Waals surface area contributed by atoms with Crippen LogP contribution in [0.3, 0.4) is 0 Å². The summed E-state index contributed by atoms with van der Waals surface area (Å²) in [5, 5.41) is 3.82. The Morgan fingerprint density at radius 2 is 1.61 bits per heavy atom. The molecule has 0 atom stereocenters. The number of furan rings is 1. The molecular weight excluding hydrogens is 697 g/mol. The van der Waals surface area contributed by atoms with Crippen molar-refractivity contribution in [1.82, 2.24) is 9.97 Å². The molecule has 211 valence electrons. The van der Waals surface area contributed by atoms with Gasteiger partial charge in [-0.15, -0.1) is 53.2 Å². The van der Waals surface area contributed by atoms with Crippen LogP contribution in [-0.4, -0.2) is 18.0 Å². The van der Waals surface area contributed by atoms with Crippen LogP contribution in [0.2, 0.25) is 19.6 Å². The minimum atomic E-state index is -1.55. The monoisotopic (exact) mass is 733 g/mol. The van der Waals surface area contributed by atoms with E-state index in [1.165, 1.54) is 32.6 Å². The molecule has 0 saturated heterocycles. The van der Waals surface area contributed by atoms with Crippen molar-refractivity contribution in [2.24, 2.45) is 0 Å².